The topological polar surface area (TPSA) is 62.3 Å². The molecule has 29 heavy (non-hydrogen) atoms. The molecule has 2 saturated heterocycles. The van der Waals surface area contributed by atoms with Gasteiger partial charge in [-0.2, -0.15) is 22.0 Å². The quantitative estimate of drug-likeness (QED) is 0.725. The third kappa shape index (κ3) is 4.50. The van der Waals surface area contributed by atoms with Crippen LogP contribution in [0.4, 0.5) is 39.3 Å². The van der Waals surface area contributed by atoms with Crippen LogP contribution in [0.25, 0.3) is 0 Å². The summed E-state index contributed by atoms with van der Waals surface area (Å²) in [6.07, 6.45) is -1.17. The number of aromatic nitrogens is 2. The van der Waals surface area contributed by atoms with Crippen molar-refractivity contribution in [2.45, 2.75) is 37.7 Å². The molecule has 0 amide bonds. The Morgan fingerprint density at radius 1 is 1.10 bits per heavy atom. The Morgan fingerprint density at radius 2 is 1.76 bits per heavy atom. The Hall–Kier alpha value is -2.69. The van der Waals surface area contributed by atoms with E-state index in [1.165, 1.54) is 12.1 Å². The van der Waals surface area contributed by atoms with Crippen LogP contribution in [0, 0.1) is 0 Å². The number of halogens is 5. The van der Waals surface area contributed by atoms with Gasteiger partial charge in [0.25, 0.3) is 0 Å². The summed E-state index contributed by atoms with van der Waals surface area (Å²) in [5, 5.41) is 6.13. The Kier molecular flexibility index (Phi) is 5.15. The van der Waals surface area contributed by atoms with Crippen LogP contribution in [0.15, 0.2) is 30.6 Å². The second-order valence-corrected chi connectivity index (χ2v) is 7.02. The molecule has 0 unspecified atom stereocenters. The van der Waals surface area contributed by atoms with Gasteiger partial charge in [0.15, 0.2) is 5.75 Å². The fraction of sp³-hybridized carbons (Fsp3) is 0.444. The van der Waals surface area contributed by atoms with E-state index in [-0.39, 0.29) is 17.4 Å². The number of nitrogens with zero attached hydrogens (tertiary/aromatic N) is 3. The van der Waals surface area contributed by atoms with Gasteiger partial charge >= 0.3 is 12.8 Å². The number of hydrogen-bond donors (Lipinski definition) is 2. The van der Waals surface area contributed by atoms with E-state index < -0.39 is 18.4 Å². The van der Waals surface area contributed by atoms with E-state index >= 15 is 0 Å². The van der Waals surface area contributed by atoms with Crippen molar-refractivity contribution in [2.24, 2.45) is 0 Å². The molecule has 0 spiro atoms. The van der Waals surface area contributed by atoms with Crippen LogP contribution in [0.2, 0.25) is 0 Å². The van der Waals surface area contributed by atoms with Crippen LogP contribution in [-0.2, 0) is 6.18 Å². The Morgan fingerprint density at radius 3 is 2.34 bits per heavy atom. The lowest BCUT2D eigenvalue weighted by molar-refractivity contribution is -0.138. The zero-order valence-electron chi connectivity index (χ0n) is 15.1. The highest BCUT2D eigenvalue weighted by molar-refractivity contribution is 5.68. The lowest BCUT2D eigenvalue weighted by Gasteiger charge is -2.35. The summed E-state index contributed by atoms with van der Waals surface area (Å²) in [6, 6.07) is 5.50. The molecule has 0 aliphatic carbocycles. The Balaban J connectivity index is 1.56. The van der Waals surface area contributed by atoms with Crippen LogP contribution in [0.1, 0.15) is 18.4 Å². The first-order valence-corrected chi connectivity index (χ1v) is 9.04. The molecule has 0 radical (unpaired) electrons. The standard InChI is InChI=1S/C18H18F5N5O/c19-16(20)29-15-5-13(28-8-11-1-2-12(9-28)26-11)3-4-14(15)27-17-24-6-10(7-25-17)18(21,22)23/h3-7,11-12,16,26H,1-2,8-9H2,(H,24,25,27)/t11-,12+. The van der Waals surface area contributed by atoms with E-state index in [0.717, 1.165) is 31.6 Å². The molecule has 2 atom stereocenters. The van der Waals surface area contributed by atoms with Gasteiger partial charge in [0.05, 0.1) is 11.3 Å². The number of nitrogens with one attached hydrogen (secondary N) is 2. The monoisotopic (exact) mass is 415 g/mol. The summed E-state index contributed by atoms with van der Waals surface area (Å²) in [5.41, 5.74) is -0.138. The van der Waals surface area contributed by atoms with Crippen molar-refractivity contribution in [3.05, 3.63) is 36.2 Å². The number of rotatable bonds is 5. The molecule has 2 fully saturated rings. The number of piperazine rings is 1. The zero-order valence-corrected chi connectivity index (χ0v) is 15.1. The molecular weight excluding hydrogens is 397 g/mol. The Bertz CT molecular complexity index is 849. The van der Waals surface area contributed by atoms with Gasteiger partial charge < -0.3 is 20.3 Å². The fourth-order valence-electron chi connectivity index (χ4n) is 3.67. The van der Waals surface area contributed by atoms with Crippen molar-refractivity contribution in [2.75, 3.05) is 23.3 Å². The highest BCUT2D eigenvalue weighted by atomic mass is 19.4. The van der Waals surface area contributed by atoms with Crippen molar-refractivity contribution in [3.8, 4) is 5.75 Å². The summed E-state index contributed by atoms with van der Waals surface area (Å²) in [7, 11) is 0. The first kappa shape index (κ1) is 19.6. The molecule has 2 bridgehead atoms. The van der Waals surface area contributed by atoms with Gasteiger partial charge in [-0.15, -0.1) is 0 Å². The first-order chi connectivity index (χ1) is 13.8. The van der Waals surface area contributed by atoms with E-state index in [9.17, 15) is 22.0 Å². The van der Waals surface area contributed by atoms with Crippen molar-refractivity contribution >= 4 is 17.3 Å². The average Bonchev–Trinajstić information content (AvgIpc) is 3.00. The molecule has 156 valence electrons. The van der Waals surface area contributed by atoms with Gasteiger partial charge in [-0.05, 0) is 25.0 Å². The third-order valence-corrected chi connectivity index (χ3v) is 4.99. The van der Waals surface area contributed by atoms with Gasteiger partial charge in [-0.1, -0.05) is 0 Å². The maximum absolute atomic E-state index is 12.9. The van der Waals surface area contributed by atoms with Crippen molar-refractivity contribution < 1.29 is 26.7 Å². The third-order valence-electron chi connectivity index (χ3n) is 4.99. The molecule has 2 N–H and O–H groups in total. The number of anilines is 3. The van der Waals surface area contributed by atoms with Crippen molar-refractivity contribution in [1.82, 2.24) is 15.3 Å². The molecule has 11 heteroatoms. The van der Waals surface area contributed by atoms with Crippen molar-refractivity contribution in [1.29, 1.82) is 0 Å². The molecular formula is C18H18F5N5O. The first-order valence-electron chi connectivity index (χ1n) is 9.04. The normalized spacial score (nSPS) is 21.5. The molecule has 2 aliphatic rings. The molecule has 1 aromatic carbocycles. The average molecular weight is 415 g/mol. The molecule has 0 saturated carbocycles. The lowest BCUT2D eigenvalue weighted by atomic mass is 10.2. The number of benzene rings is 1. The van der Waals surface area contributed by atoms with Gasteiger partial charge in [0.1, 0.15) is 0 Å². The maximum atomic E-state index is 12.9. The van der Waals surface area contributed by atoms with E-state index in [1.807, 2.05) is 0 Å². The predicted molar refractivity (Wildman–Crippen MR) is 95.5 cm³/mol. The summed E-state index contributed by atoms with van der Waals surface area (Å²) in [6.45, 7) is -1.53. The van der Waals surface area contributed by atoms with Crippen LogP contribution < -0.4 is 20.3 Å². The summed E-state index contributed by atoms with van der Waals surface area (Å²) >= 11 is 0. The Labute approximate surface area is 163 Å². The largest absolute Gasteiger partial charge is 0.433 e. The smallest absolute Gasteiger partial charge is 0.419 e. The molecule has 1 aromatic heterocycles. The van der Waals surface area contributed by atoms with Crippen LogP contribution >= 0.6 is 0 Å². The zero-order chi connectivity index (χ0) is 20.6. The highest BCUT2D eigenvalue weighted by Crippen LogP contribution is 2.35. The minimum Gasteiger partial charge on any atom is -0.433 e. The molecule has 4 rings (SSSR count). The van der Waals surface area contributed by atoms with Crippen LogP contribution in [0.5, 0.6) is 5.75 Å². The van der Waals surface area contributed by atoms with Crippen LogP contribution in [-0.4, -0.2) is 41.8 Å². The van der Waals surface area contributed by atoms with Gasteiger partial charge in [0.2, 0.25) is 5.95 Å². The number of ether oxygens (including phenoxy) is 1. The van der Waals surface area contributed by atoms with E-state index in [1.54, 1.807) is 6.07 Å². The highest BCUT2D eigenvalue weighted by Gasteiger charge is 2.33. The summed E-state index contributed by atoms with van der Waals surface area (Å²) in [4.78, 5) is 9.30. The minimum atomic E-state index is -4.56. The number of hydrogen-bond acceptors (Lipinski definition) is 6. The number of fused-ring (bicyclic) bond motifs is 2. The minimum absolute atomic E-state index is 0.131. The predicted octanol–water partition coefficient (Wildman–Crippen LogP) is 3.78. The molecule has 2 aromatic rings. The van der Waals surface area contributed by atoms with E-state index in [0.29, 0.717) is 24.5 Å². The summed E-state index contributed by atoms with van der Waals surface area (Å²) < 4.78 is 68.3. The molecule has 3 heterocycles. The van der Waals surface area contributed by atoms with E-state index in [4.69, 9.17) is 0 Å². The van der Waals surface area contributed by atoms with Crippen LogP contribution in [0.3, 0.4) is 0 Å². The fourth-order valence-corrected chi connectivity index (χ4v) is 3.67. The SMILES string of the molecule is FC(F)Oc1cc(N2C[C@H]3CC[C@@H](C2)N3)ccc1Nc1ncc(C(F)(F)F)cn1. The second-order valence-electron chi connectivity index (χ2n) is 7.02. The van der Waals surface area contributed by atoms with Gasteiger partial charge in [0, 0.05) is 49.3 Å². The molecule has 2 aliphatic heterocycles. The maximum Gasteiger partial charge on any atom is 0.419 e. The van der Waals surface area contributed by atoms with E-state index in [2.05, 4.69) is 30.2 Å². The summed E-state index contributed by atoms with van der Waals surface area (Å²) in [5.74, 6) is -0.294. The molecule has 6 nitrogen and oxygen atoms in total. The van der Waals surface area contributed by atoms with Gasteiger partial charge in [-0.3, -0.25) is 0 Å². The lowest BCUT2D eigenvalue weighted by Crippen LogP contribution is -2.51. The van der Waals surface area contributed by atoms with Crippen molar-refractivity contribution in [3.63, 3.8) is 0 Å². The van der Waals surface area contributed by atoms with Gasteiger partial charge in [-0.25, -0.2) is 9.97 Å². The second kappa shape index (κ2) is 7.62. The number of alkyl halides is 5.